The van der Waals surface area contributed by atoms with E-state index in [2.05, 4.69) is 49.4 Å². The molecule has 0 N–H and O–H groups in total. The molecule has 0 unspecified atom stereocenters. The molecule has 1 fully saturated rings. The molecule has 9 nitrogen and oxygen atoms in total. The standard InChI is InChI=1S/C23H19N7O2/c1-29-10-25-22-20(29)23(31)30(11-26-22)9-18-27-21(28-32-18)19-16-5-14(6-17(16)19)12-2-3-13-7-24-8-15(13)4-12/h2-5,8,10-11,16-17,19H,6-7,9H2,1H3/t16-,17+,19+/m1/s1. The van der Waals surface area contributed by atoms with Gasteiger partial charge < -0.3 is 9.09 Å². The van der Waals surface area contributed by atoms with Gasteiger partial charge in [0.25, 0.3) is 5.56 Å². The Labute approximate surface area is 182 Å². The second kappa shape index (κ2) is 6.32. The van der Waals surface area contributed by atoms with Crippen molar-refractivity contribution in [1.82, 2.24) is 29.2 Å². The first kappa shape index (κ1) is 17.8. The van der Waals surface area contributed by atoms with E-state index in [1.54, 1.807) is 17.9 Å². The molecular weight excluding hydrogens is 406 g/mol. The number of hydrogen-bond donors (Lipinski definition) is 0. The maximum Gasteiger partial charge on any atom is 0.280 e. The van der Waals surface area contributed by atoms with Crippen molar-refractivity contribution in [3.8, 4) is 0 Å². The predicted octanol–water partition coefficient (Wildman–Crippen LogP) is 2.31. The molecular formula is C23H19N7O2. The van der Waals surface area contributed by atoms with Gasteiger partial charge >= 0.3 is 0 Å². The van der Waals surface area contributed by atoms with Crippen molar-refractivity contribution in [2.75, 3.05) is 0 Å². The van der Waals surface area contributed by atoms with Crippen LogP contribution in [0.3, 0.4) is 0 Å². The van der Waals surface area contributed by atoms with Gasteiger partial charge in [0.1, 0.15) is 12.9 Å². The highest BCUT2D eigenvalue weighted by molar-refractivity contribution is 5.86. The van der Waals surface area contributed by atoms with Crippen molar-refractivity contribution in [2.45, 2.75) is 25.4 Å². The predicted molar refractivity (Wildman–Crippen MR) is 116 cm³/mol. The second-order valence-electron chi connectivity index (χ2n) is 8.80. The summed E-state index contributed by atoms with van der Waals surface area (Å²) in [7, 11) is 1.78. The summed E-state index contributed by atoms with van der Waals surface area (Å²) in [6.07, 6.45) is 8.41. The average molecular weight is 425 g/mol. The van der Waals surface area contributed by atoms with Crippen LogP contribution in [0.4, 0.5) is 0 Å². The highest BCUT2D eigenvalue weighted by Crippen LogP contribution is 2.62. The monoisotopic (exact) mass is 425 g/mol. The molecule has 1 saturated carbocycles. The molecule has 0 amide bonds. The fourth-order valence-corrected chi connectivity index (χ4v) is 5.12. The van der Waals surface area contributed by atoms with Gasteiger partial charge in [0.05, 0.1) is 12.9 Å². The molecule has 4 heterocycles. The Morgan fingerprint density at radius 2 is 2.12 bits per heavy atom. The van der Waals surface area contributed by atoms with Crippen LogP contribution in [-0.2, 0) is 20.1 Å². The Bertz CT molecular complexity index is 1520. The van der Waals surface area contributed by atoms with Gasteiger partial charge in [-0.05, 0) is 46.6 Å². The first-order chi connectivity index (χ1) is 15.7. The molecule has 7 rings (SSSR count). The van der Waals surface area contributed by atoms with Crippen LogP contribution in [0.1, 0.15) is 40.7 Å². The molecule has 1 aromatic carbocycles. The molecule has 0 radical (unpaired) electrons. The zero-order valence-corrected chi connectivity index (χ0v) is 17.3. The Kier molecular flexibility index (Phi) is 3.51. The van der Waals surface area contributed by atoms with Crippen LogP contribution in [-0.4, -0.2) is 35.5 Å². The molecule has 3 atom stereocenters. The minimum Gasteiger partial charge on any atom is -0.337 e. The van der Waals surface area contributed by atoms with Crippen LogP contribution in [0, 0.1) is 11.8 Å². The minimum atomic E-state index is -0.176. The molecule has 0 bridgehead atoms. The maximum atomic E-state index is 12.7. The summed E-state index contributed by atoms with van der Waals surface area (Å²) in [5.41, 5.74) is 5.93. The number of aliphatic imine (C=N–C) groups is 1. The van der Waals surface area contributed by atoms with E-state index >= 15 is 0 Å². The number of fused-ring (bicyclic) bond motifs is 3. The summed E-state index contributed by atoms with van der Waals surface area (Å²) in [4.78, 5) is 30.0. The summed E-state index contributed by atoms with van der Waals surface area (Å²) in [5.74, 6) is 2.41. The van der Waals surface area contributed by atoms with E-state index in [-0.39, 0.29) is 12.1 Å². The van der Waals surface area contributed by atoms with Crippen molar-refractivity contribution in [2.24, 2.45) is 23.9 Å². The molecule has 3 aliphatic rings. The lowest BCUT2D eigenvalue weighted by Gasteiger charge is -2.07. The Hall–Kier alpha value is -3.88. The number of allylic oxidation sites excluding steroid dienone is 2. The Balaban J connectivity index is 1.10. The molecule has 4 aromatic rings. The zero-order chi connectivity index (χ0) is 21.4. The highest BCUT2D eigenvalue weighted by atomic mass is 16.5. The fraction of sp³-hybridized carbons (Fsp3) is 0.304. The van der Waals surface area contributed by atoms with Gasteiger partial charge in [0, 0.05) is 19.2 Å². The topological polar surface area (TPSA) is 104 Å². The van der Waals surface area contributed by atoms with Crippen LogP contribution in [0.5, 0.6) is 0 Å². The van der Waals surface area contributed by atoms with Crippen molar-refractivity contribution < 1.29 is 4.52 Å². The van der Waals surface area contributed by atoms with E-state index in [1.165, 1.54) is 33.2 Å². The third-order valence-corrected chi connectivity index (χ3v) is 6.88. The van der Waals surface area contributed by atoms with Crippen LogP contribution in [0.15, 0.2) is 51.2 Å². The number of nitrogens with zero attached hydrogens (tertiary/aromatic N) is 7. The van der Waals surface area contributed by atoms with Crippen molar-refractivity contribution in [3.05, 3.63) is 75.7 Å². The highest BCUT2D eigenvalue weighted by Gasteiger charge is 2.55. The van der Waals surface area contributed by atoms with E-state index in [0.717, 1.165) is 18.8 Å². The van der Waals surface area contributed by atoms with Crippen LogP contribution in [0.2, 0.25) is 0 Å². The Morgan fingerprint density at radius 3 is 3.00 bits per heavy atom. The van der Waals surface area contributed by atoms with Gasteiger partial charge in [0.15, 0.2) is 17.0 Å². The summed E-state index contributed by atoms with van der Waals surface area (Å²) >= 11 is 0. The van der Waals surface area contributed by atoms with E-state index in [1.807, 2.05) is 6.21 Å². The van der Waals surface area contributed by atoms with Crippen molar-refractivity contribution >= 4 is 23.0 Å². The van der Waals surface area contributed by atoms with E-state index in [9.17, 15) is 4.79 Å². The number of imidazole rings is 1. The lowest BCUT2D eigenvalue weighted by molar-refractivity contribution is 0.364. The first-order valence-electron chi connectivity index (χ1n) is 10.7. The summed E-state index contributed by atoms with van der Waals surface area (Å²) in [5, 5.41) is 4.22. The molecule has 9 heteroatoms. The SMILES string of the molecule is Cn1cnc2ncn(Cc3nc([C@H]4[C@@H]5C=C(c6ccc7c(c6)C=NC7)C[C@@H]54)no3)c(=O)c21. The third kappa shape index (κ3) is 2.57. The van der Waals surface area contributed by atoms with Crippen molar-refractivity contribution in [3.63, 3.8) is 0 Å². The smallest absolute Gasteiger partial charge is 0.280 e. The first-order valence-corrected chi connectivity index (χ1v) is 10.7. The quantitative estimate of drug-likeness (QED) is 0.497. The van der Waals surface area contributed by atoms with Gasteiger partial charge in [-0.3, -0.25) is 14.4 Å². The Morgan fingerprint density at radius 1 is 1.22 bits per heavy atom. The second-order valence-corrected chi connectivity index (χ2v) is 8.80. The van der Waals surface area contributed by atoms with Crippen LogP contribution in [0.25, 0.3) is 16.7 Å². The fourth-order valence-electron chi connectivity index (χ4n) is 5.12. The van der Waals surface area contributed by atoms with Gasteiger partial charge in [0.2, 0.25) is 5.89 Å². The normalized spacial score (nSPS) is 22.9. The average Bonchev–Trinajstić information content (AvgIpc) is 3.38. The summed E-state index contributed by atoms with van der Waals surface area (Å²) < 4.78 is 8.62. The third-order valence-electron chi connectivity index (χ3n) is 6.88. The van der Waals surface area contributed by atoms with Crippen molar-refractivity contribution in [1.29, 1.82) is 0 Å². The van der Waals surface area contributed by atoms with Gasteiger partial charge in [-0.2, -0.15) is 4.98 Å². The van der Waals surface area contributed by atoms with Gasteiger partial charge in [-0.15, -0.1) is 0 Å². The maximum absolute atomic E-state index is 12.7. The summed E-state index contributed by atoms with van der Waals surface area (Å²) in [6, 6.07) is 6.64. The van der Waals surface area contributed by atoms with E-state index in [4.69, 9.17) is 4.52 Å². The molecule has 2 aliphatic carbocycles. The molecule has 3 aromatic heterocycles. The van der Waals surface area contributed by atoms with Gasteiger partial charge in [-0.1, -0.05) is 23.4 Å². The number of benzene rings is 1. The lowest BCUT2D eigenvalue weighted by atomic mass is 9.97. The van der Waals surface area contributed by atoms with Crippen LogP contribution >= 0.6 is 0 Å². The molecule has 32 heavy (non-hydrogen) atoms. The van der Waals surface area contributed by atoms with E-state index < -0.39 is 0 Å². The minimum absolute atomic E-state index is 0.176. The lowest BCUT2D eigenvalue weighted by Crippen LogP contribution is -2.22. The summed E-state index contributed by atoms with van der Waals surface area (Å²) in [6.45, 7) is 0.986. The van der Waals surface area contributed by atoms with Crippen LogP contribution < -0.4 is 5.56 Å². The van der Waals surface area contributed by atoms with E-state index in [0.29, 0.717) is 34.8 Å². The number of aryl methyl sites for hydroxylation is 1. The van der Waals surface area contributed by atoms with Gasteiger partial charge in [-0.25, -0.2) is 9.97 Å². The number of hydrogen-bond acceptors (Lipinski definition) is 7. The number of rotatable bonds is 4. The molecule has 0 spiro atoms. The molecule has 1 aliphatic heterocycles. The zero-order valence-electron chi connectivity index (χ0n) is 17.3. The largest absolute Gasteiger partial charge is 0.337 e. The molecule has 158 valence electrons. The number of aromatic nitrogens is 6. The molecule has 0 saturated heterocycles.